The molecule has 1 aliphatic rings. The molecule has 1 aliphatic heterocycles. The number of hydrogen-bond donors (Lipinski definition) is 3. The third-order valence-corrected chi connectivity index (χ3v) is 6.16. The first-order valence-corrected chi connectivity index (χ1v) is 11.7. The fraction of sp³-hybridized carbons (Fsp3) is 0.103. The van der Waals surface area contributed by atoms with Crippen LogP contribution in [0.2, 0.25) is 0 Å². The predicted molar refractivity (Wildman–Crippen MR) is 146 cm³/mol. The van der Waals surface area contributed by atoms with Crippen molar-refractivity contribution in [3.8, 4) is 5.75 Å². The minimum Gasteiger partial charge on any atom is -0.508 e. The van der Waals surface area contributed by atoms with Gasteiger partial charge in [0.25, 0.3) is 0 Å². The highest BCUT2D eigenvalue weighted by Gasteiger charge is 2.25. The zero-order valence-corrected chi connectivity index (χ0v) is 19.9. The smallest absolute Gasteiger partial charge is 0.117 e. The van der Waals surface area contributed by atoms with Crippen LogP contribution in [0.1, 0.15) is 13.8 Å². The molecular weight excluding hydrogens is 448 g/mol. The Hall–Kier alpha value is -4.78. The van der Waals surface area contributed by atoms with E-state index in [2.05, 4.69) is 63.1 Å². The molecule has 0 unspecified atom stereocenters. The standard InChI is InChI=1S/C29H24N6O/c1-29(2)30-26-12-6-11-22-25(15-16-27(31-29)28(22)26)35-34-24-14-13-23(20-9-3-4-10-21(20)24)33-32-18-7-5-8-19(36)17-18/h3-17,30-31,36H,1-2H3/b33-32+,35-34+. The lowest BCUT2D eigenvalue weighted by molar-refractivity contribution is 0.475. The second kappa shape index (κ2) is 8.46. The lowest BCUT2D eigenvalue weighted by Crippen LogP contribution is -2.41. The van der Waals surface area contributed by atoms with Crippen molar-refractivity contribution in [1.29, 1.82) is 0 Å². The molecule has 7 nitrogen and oxygen atoms in total. The van der Waals surface area contributed by atoms with Gasteiger partial charge in [-0.3, -0.25) is 0 Å². The van der Waals surface area contributed by atoms with E-state index in [0.717, 1.165) is 44.3 Å². The van der Waals surface area contributed by atoms with E-state index in [0.29, 0.717) is 11.4 Å². The van der Waals surface area contributed by atoms with Crippen LogP contribution in [0.4, 0.5) is 34.1 Å². The Morgan fingerprint density at radius 1 is 0.583 bits per heavy atom. The maximum atomic E-state index is 9.68. The summed E-state index contributed by atoms with van der Waals surface area (Å²) in [4.78, 5) is 0. The van der Waals surface area contributed by atoms with Crippen molar-refractivity contribution in [3.63, 3.8) is 0 Å². The van der Waals surface area contributed by atoms with Crippen LogP contribution >= 0.6 is 0 Å². The minimum absolute atomic E-state index is 0.154. The summed E-state index contributed by atoms with van der Waals surface area (Å²) in [5.74, 6) is 0.154. The number of aromatic hydroxyl groups is 1. The zero-order chi connectivity index (χ0) is 24.7. The fourth-order valence-corrected chi connectivity index (χ4v) is 4.61. The Bertz CT molecular complexity index is 1670. The number of hydrogen-bond acceptors (Lipinski definition) is 7. The molecular formula is C29H24N6O. The van der Waals surface area contributed by atoms with E-state index < -0.39 is 0 Å². The highest BCUT2D eigenvalue weighted by Crippen LogP contribution is 2.42. The highest BCUT2D eigenvalue weighted by molar-refractivity contribution is 6.09. The number of phenolic OH excluding ortho intramolecular Hbond substituents is 1. The molecule has 0 saturated heterocycles. The molecule has 0 aliphatic carbocycles. The van der Waals surface area contributed by atoms with Crippen LogP contribution in [0.3, 0.4) is 0 Å². The van der Waals surface area contributed by atoms with Gasteiger partial charge in [0.2, 0.25) is 0 Å². The van der Waals surface area contributed by atoms with Crippen LogP contribution < -0.4 is 10.6 Å². The van der Waals surface area contributed by atoms with Crippen LogP contribution in [-0.4, -0.2) is 10.8 Å². The molecule has 0 bridgehead atoms. The Labute approximate surface area is 208 Å². The lowest BCUT2D eigenvalue weighted by Gasteiger charge is -2.36. The molecule has 0 atom stereocenters. The van der Waals surface area contributed by atoms with Gasteiger partial charge in [0.05, 0.1) is 22.7 Å². The normalized spacial score (nSPS) is 14.4. The zero-order valence-electron chi connectivity index (χ0n) is 19.9. The minimum atomic E-state index is -0.233. The molecule has 7 heteroatoms. The molecule has 0 aromatic heterocycles. The third kappa shape index (κ3) is 4.01. The first-order valence-electron chi connectivity index (χ1n) is 11.7. The van der Waals surface area contributed by atoms with Crippen molar-refractivity contribution in [2.75, 3.05) is 10.6 Å². The average Bonchev–Trinajstić information content (AvgIpc) is 2.87. The predicted octanol–water partition coefficient (Wildman–Crippen LogP) is 9.10. The lowest BCUT2D eigenvalue weighted by atomic mass is 10.00. The van der Waals surface area contributed by atoms with Crippen LogP contribution in [0.5, 0.6) is 5.75 Å². The molecule has 176 valence electrons. The Morgan fingerprint density at radius 3 is 1.83 bits per heavy atom. The van der Waals surface area contributed by atoms with Crippen LogP contribution in [0.25, 0.3) is 21.5 Å². The molecule has 0 radical (unpaired) electrons. The molecule has 36 heavy (non-hydrogen) atoms. The van der Waals surface area contributed by atoms with Gasteiger partial charge in [-0.15, -0.1) is 15.3 Å². The van der Waals surface area contributed by atoms with Crippen molar-refractivity contribution < 1.29 is 5.11 Å². The van der Waals surface area contributed by atoms with Crippen LogP contribution in [0, 0.1) is 0 Å². The van der Waals surface area contributed by atoms with E-state index in [9.17, 15) is 5.11 Å². The SMILES string of the molecule is CC1(C)Nc2cccc3c(/N=N/c4ccc(/N=N/c5cccc(O)c5)c5ccccc45)ccc(c23)N1. The molecule has 3 N–H and O–H groups in total. The van der Waals surface area contributed by atoms with Gasteiger partial charge in [-0.05, 0) is 56.3 Å². The topological polar surface area (TPSA) is 93.7 Å². The number of rotatable bonds is 4. The van der Waals surface area contributed by atoms with Gasteiger partial charge < -0.3 is 15.7 Å². The quantitative estimate of drug-likeness (QED) is 0.228. The summed E-state index contributed by atoms with van der Waals surface area (Å²) in [6, 6.07) is 28.7. The first-order chi connectivity index (χ1) is 17.5. The Balaban J connectivity index is 1.38. The van der Waals surface area contributed by atoms with Crippen LogP contribution in [0.15, 0.2) is 111 Å². The molecule has 6 rings (SSSR count). The summed E-state index contributed by atoms with van der Waals surface area (Å²) in [7, 11) is 0. The van der Waals surface area contributed by atoms with Gasteiger partial charge >= 0.3 is 0 Å². The summed E-state index contributed by atoms with van der Waals surface area (Å²) in [6.45, 7) is 4.22. The number of phenols is 1. The summed E-state index contributed by atoms with van der Waals surface area (Å²) >= 11 is 0. The highest BCUT2D eigenvalue weighted by atomic mass is 16.3. The maximum absolute atomic E-state index is 9.68. The van der Waals surface area contributed by atoms with Crippen LogP contribution in [-0.2, 0) is 0 Å². The second-order valence-electron chi connectivity index (χ2n) is 9.30. The Kier molecular flexibility index (Phi) is 5.11. The number of benzene rings is 5. The van der Waals surface area contributed by atoms with Crippen molar-refractivity contribution in [2.45, 2.75) is 19.5 Å². The second-order valence-corrected chi connectivity index (χ2v) is 9.30. The number of azo groups is 2. The van der Waals surface area contributed by atoms with E-state index in [1.807, 2.05) is 48.5 Å². The Morgan fingerprint density at radius 2 is 1.14 bits per heavy atom. The van der Waals surface area contributed by atoms with E-state index in [1.165, 1.54) is 0 Å². The molecule has 0 spiro atoms. The number of nitrogens with zero attached hydrogens (tertiary/aromatic N) is 4. The fourth-order valence-electron chi connectivity index (χ4n) is 4.61. The number of nitrogens with one attached hydrogen (secondary N) is 2. The van der Waals surface area contributed by atoms with Gasteiger partial charge in [-0.2, -0.15) is 5.11 Å². The first kappa shape index (κ1) is 21.7. The van der Waals surface area contributed by atoms with Gasteiger partial charge in [-0.1, -0.05) is 42.5 Å². The molecule has 5 aromatic rings. The summed E-state index contributed by atoms with van der Waals surface area (Å²) < 4.78 is 0. The van der Waals surface area contributed by atoms with Crippen molar-refractivity contribution in [2.24, 2.45) is 20.5 Å². The van der Waals surface area contributed by atoms with Crippen molar-refractivity contribution >= 4 is 55.7 Å². The number of anilines is 2. The van der Waals surface area contributed by atoms with Gasteiger partial charge in [0, 0.05) is 39.0 Å². The van der Waals surface area contributed by atoms with Crippen molar-refractivity contribution in [1.82, 2.24) is 0 Å². The molecule has 0 fully saturated rings. The molecule has 0 saturated carbocycles. The van der Waals surface area contributed by atoms with Crippen molar-refractivity contribution in [3.05, 3.63) is 91.0 Å². The monoisotopic (exact) mass is 472 g/mol. The van der Waals surface area contributed by atoms with Gasteiger partial charge in [0.15, 0.2) is 0 Å². The van der Waals surface area contributed by atoms with E-state index in [4.69, 9.17) is 0 Å². The molecule has 1 heterocycles. The summed E-state index contributed by atoms with van der Waals surface area (Å²) in [6.07, 6.45) is 0. The van der Waals surface area contributed by atoms with Gasteiger partial charge in [-0.25, -0.2) is 0 Å². The maximum Gasteiger partial charge on any atom is 0.117 e. The van der Waals surface area contributed by atoms with E-state index >= 15 is 0 Å². The largest absolute Gasteiger partial charge is 0.508 e. The summed E-state index contributed by atoms with van der Waals surface area (Å²) in [5, 5.41) is 38.8. The van der Waals surface area contributed by atoms with Gasteiger partial charge in [0.1, 0.15) is 11.4 Å². The van der Waals surface area contributed by atoms with E-state index in [1.54, 1.807) is 24.3 Å². The average molecular weight is 473 g/mol. The summed E-state index contributed by atoms with van der Waals surface area (Å²) in [5.41, 5.74) is 4.77. The molecule has 5 aromatic carbocycles. The molecule has 0 amide bonds. The number of fused-ring (bicyclic) bond motifs is 1. The third-order valence-electron chi connectivity index (χ3n) is 6.16. The van der Waals surface area contributed by atoms with E-state index in [-0.39, 0.29) is 11.4 Å².